The van der Waals surface area contributed by atoms with E-state index in [1.54, 1.807) is 22.2 Å². The number of hydrogen-bond donors (Lipinski definition) is 1. The standard InChI is InChI=1S/C20H22ClN5O2/c1-11(2)17(20(28)25-5-3-12(7-22)4-6-25)26-10-14-15(21)9-24-18-16(14)13(8-23-18)19(26)27/h8-9,11-12,17H,3-6,10H2,1-2H3,(H,23,24)/t17-/m1/s1. The van der Waals surface area contributed by atoms with Crippen LogP contribution >= 0.6 is 11.6 Å². The molecule has 7 nitrogen and oxygen atoms in total. The first-order valence-electron chi connectivity index (χ1n) is 9.56. The molecule has 1 fully saturated rings. The van der Waals surface area contributed by atoms with Crippen LogP contribution in [0.15, 0.2) is 12.4 Å². The molecule has 146 valence electrons. The molecule has 1 saturated heterocycles. The molecule has 0 unspecified atom stereocenters. The van der Waals surface area contributed by atoms with Crippen LogP contribution in [0.1, 0.15) is 42.6 Å². The van der Waals surface area contributed by atoms with Crippen LogP contribution in [0.4, 0.5) is 0 Å². The molecular weight excluding hydrogens is 378 g/mol. The largest absolute Gasteiger partial charge is 0.345 e. The summed E-state index contributed by atoms with van der Waals surface area (Å²) in [5.41, 5.74) is 1.96. The highest BCUT2D eigenvalue weighted by molar-refractivity contribution is 6.32. The predicted molar refractivity (Wildman–Crippen MR) is 105 cm³/mol. The molecule has 2 aromatic rings. The highest BCUT2D eigenvalue weighted by Crippen LogP contribution is 2.35. The van der Waals surface area contributed by atoms with Gasteiger partial charge in [-0.25, -0.2) is 4.98 Å². The number of carbonyl (C=O) groups is 2. The number of nitriles is 1. The van der Waals surface area contributed by atoms with E-state index >= 15 is 0 Å². The van der Waals surface area contributed by atoms with E-state index in [4.69, 9.17) is 16.9 Å². The third-order valence-electron chi connectivity index (χ3n) is 5.79. The molecular formula is C20H22ClN5O2. The number of nitrogens with zero attached hydrogens (tertiary/aromatic N) is 4. The summed E-state index contributed by atoms with van der Waals surface area (Å²) in [5, 5.41) is 10.3. The maximum Gasteiger partial charge on any atom is 0.257 e. The van der Waals surface area contributed by atoms with E-state index in [9.17, 15) is 9.59 Å². The fourth-order valence-electron chi connectivity index (χ4n) is 4.28. The van der Waals surface area contributed by atoms with Crippen molar-refractivity contribution in [1.82, 2.24) is 19.8 Å². The number of aromatic amines is 1. The summed E-state index contributed by atoms with van der Waals surface area (Å²) in [6, 6.07) is 1.71. The third kappa shape index (κ3) is 2.92. The number of H-pyrrole nitrogens is 1. The number of carbonyl (C=O) groups excluding carboxylic acids is 2. The normalized spacial score (nSPS) is 18.6. The van der Waals surface area contributed by atoms with Crippen molar-refractivity contribution in [2.24, 2.45) is 11.8 Å². The SMILES string of the molecule is CC(C)[C@H](C(=O)N1CCC(C#N)CC1)N1Cc2c(Cl)cnc3[nH]cc(c23)C1=O. The average molecular weight is 400 g/mol. The van der Waals surface area contributed by atoms with Gasteiger partial charge >= 0.3 is 0 Å². The van der Waals surface area contributed by atoms with Gasteiger partial charge in [0.05, 0.1) is 16.7 Å². The van der Waals surface area contributed by atoms with E-state index in [0.717, 1.165) is 10.9 Å². The minimum Gasteiger partial charge on any atom is -0.345 e. The van der Waals surface area contributed by atoms with Gasteiger partial charge in [0.2, 0.25) is 5.91 Å². The van der Waals surface area contributed by atoms with Crippen LogP contribution in [0, 0.1) is 23.2 Å². The number of halogens is 1. The summed E-state index contributed by atoms with van der Waals surface area (Å²) >= 11 is 6.38. The highest BCUT2D eigenvalue weighted by Gasteiger charge is 2.40. The van der Waals surface area contributed by atoms with Crippen LogP contribution in [-0.4, -0.2) is 50.7 Å². The number of aromatic nitrogens is 2. The lowest BCUT2D eigenvalue weighted by Crippen LogP contribution is -2.55. The monoisotopic (exact) mass is 399 g/mol. The highest BCUT2D eigenvalue weighted by atomic mass is 35.5. The molecule has 0 bridgehead atoms. The van der Waals surface area contributed by atoms with Gasteiger partial charge in [0.1, 0.15) is 11.7 Å². The van der Waals surface area contributed by atoms with E-state index in [1.165, 1.54) is 0 Å². The summed E-state index contributed by atoms with van der Waals surface area (Å²) in [5.74, 6) is -0.284. The van der Waals surface area contributed by atoms with E-state index in [1.807, 2.05) is 13.8 Å². The molecule has 0 aliphatic carbocycles. The number of pyridine rings is 1. The Hall–Kier alpha value is -2.59. The van der Waals surface area contributed by atoms with Gasteiger partial charge in [0.25, 0.3) is 5.91 Å². The lowest BCUT2D eigenvalue weighted by atomic mass is 9.93. The van der Waals surface area contributed by atoms with Crippen LogP contribution in [0.3, 0.4) is 0 Å². The van der Waals surface area contributed by atoms with Gasteiger partial charge in [-0.1, -0.05) is 25.4 Å². The lowest BCUT2D eigenvalue weighted by molar-refractivity contribution is -0.139. The molecule has 1 N–H and O–H groups in total. The Morgan fingerprint density at radius 2 is 2.11 bits per heavy atom. The van der Waals surface area contributed by atoms with Crippen molar-refractivity contribution in [2.45, 2.75) is 39.3 Å². The molecule has 0 radical (unpaired) electrons. The molecule has 4 heterocycles. The van der Waals surface area contributed by atoms with Crippen molar-refractivity contribution in [3.05, 3.63) is 28.5 Å². The summed E-state index contributed by atoms with van der Waals surface area (Å²) in [4.78, 5) is 37.3. The van der Waals surface area contributed by atoms with E-state index in [-0.39, 0.29) is 30.2 Å². The van der Waals surface area contributed by atoms with Gasteiger partial charge in [-0.15, -0.1) is 0 Å². The summed E-state index contributed by atoms with van der Waals surface area (Å²) in [6.45, 7) is 5.29. The number of hydrogen-bond acceptors (Lipinski definition) is 4. The van der Waals surface area contributed by atoms with Crippen molar-refractivity contribution in [3.63, 3.8) is 0 Å². The van der Waals surface area contributed by atoms with Crippen molar-refractivity contribution >= 4 is 34.4 Å². The van der Waals surface area contributed by atoms with Gasteiger partial charge in [0, 0.05) is 48.9 Å². The zero-order chi connectivity index (χ0) is 20.0. The minimum atomic E-state index is -0.575. The van der Waals surface area contributed by atoms with Crippen molar-refractivity contribution in [3.8, 4) is 6.07 Å². The third-order valence-corrected chi connectivity index (χ3v) is 6.11. The Morgan fingerprint density at radius 3 is 2.75 bits per heavy atom. The molecule has 2 aliphatic heterocycles. The van der Waals surface area contributed by atoms with Gasteiger partial charge in [0.15, 0.2) is 0 Å². The fourth-order valence-corrected chi connectivity index (χ4v) is 4.48. The minimum absolute atomic E-state index is 0.00416. The smallest absolute Gasteiger partial charge is 0.257 e. The first-order valence-corrected chi connectivity index (χ1v) is 9.94. The predicted octanol–water partition coefficient (Wildman–Crippen LogP) is 2.96. The molecule has 28 heavy (non-hydrogen) atoms. The van der Waals surface area contributed by atoms with E-state index in [0.29, 0.717) is 42.2 Å². The van der Waals surface area contributed by atoms with Crippen LogP contribution in [0.25, 0.3) is 11.0 Å². The summed E-state index contributed by atoms with van der Waals surface area (Å²) in [6.07, 6.45) is 4.58. The molecule has 2 amide bonds. The Bertz CT molecular complexity index is 984. The van der Waals surface area contributed by atoms with Crippen LogP contribution in [0.2, 0.25) is 5.02 Å². The second-order valence-corrected chi connectivity index (χ2v) is 8.27. The number of nitrogens with one attached hydrogen (secondary N) is 1. The molecule has 2 aromatic heterocycles. The molecule has 0 aromatic carbocycles. The van der Waals surface area contributed by atoms with Crippen LogP contribution in [0.5, 0.6) is 0 Å². The topological polar surface area (TPSA) is 93.1 Å². The van der Waals surface area contributed by atoms with Gasteiger partial charge in [-0.3, -0.25) is 9.59 Å². The van der Waals surface area contributed by atoms with Gasteiger partial charge in [-0.05, 0) is 18.8 Å². The number of rotatable bonds is 3. The Kier molecular flexibility index (Phi) is 4.76. The molecule has 1 atom stereocenters. The Balaban J connectivity index is 1.66. The average Bonchev–Trinajstić information content (AvgIpc) is 3.12. The maximum absolute atomic E-state index is 13.4. The quantitative estimate of drug-likeness (QED) is 0.858. The molecule has 4 rings (SSSR count). The molecule has 8 heteroatoms. The van der Waals surface area contributed by atoms with E-state index < -0.39 is 6.04 Å². The Morgan fingerprint density at radius 1 is 1.39 bits per heavy atom. The number of piperidine rings is 1. The first kappa shape index (κ1) is 18.8. The summed E-state index contributed by atoms with van der Waals surface area (Å²) in [7, 11) is 0. The van der Waals surface area contributed by atoms with E-state index in [2.05, 4.69) is 16.0 Å². The van der Waals surface area contributed by atoms with Crippen molar-refractivity contribution in [1.29, 1.82) is 5.26 Å². The lowest BCUT2D eigenvalue weighted by Gasteiger charge is -2.40. The second kappa shape index (κ2) is 7.10. The van der Waals surface area contributed by atoms with Gasteiger partial charge < -0.3 is 14.8 Å². The van der Waals surface area contributed by atoms with Crippen LogP contribution in [-0.2, 0) is 11.3 Å². The number of amides is 2. The van der Waals surface area contributed by atoms with Gasteiger partial charge in [-0.2, -0.15) is 5.26 Å². The van der Waals surface area contributed by atoms with Crippen molar-refractivity contribution in [2.75, 3.05) is 13.1 Å². The first-order chi connectivity index (χ1) is 13.4. The maximum atomic E-state index is 13.4. The molecule has 0 spiro atoms. The zero-order valence-electron chi connectivity index (χ0n) is 15.9. The molecule has 0 saturated carbocycles. The molecule has 2 aliphatic rings. The second-order valence-electron chi connectivity index (χ2n) is 7.86. The Labute approximate surface area is 168 Å². The zero-order valence-corrected chi connectivity index (χ0v) is 16.7. The number of likely N-dealkylation sites (tertiary alicyclic amines) is 1. The fraction of sp³-hybridized carbons (Fsp3) is 0.500. The van der Waals surface area contributed by atoms with Crippen LogP contribution < -0.4 is 0 Å². The van der Waals surface area contributed by atoms with Crippen molar-refractivity contribution < 1.29 is 9.59 Å². The summed E-state index contributed by atoms with van der Waals surface area (Å²) < 4.78 is 0.